The van der Waals surface area contributed by atoms with Crippen molar-refractivity contribution in [3.05, 3.63) is 20.9 Å². The Kier molecular flexibility index (Phi) is 2.38. The molecule has 0 aliphatic heterocycles. The van der Waals surface area contributed by atoms with Crippen LogP contribution < -0.4 is 0 Å². The average Bonchev–Trinajstić information content (AvgIpc) is 2.59. The first-order chi connectivity index (χ1) is 6.65. The molecule has 0 aromatic carbocycles. The van der Waals surface area contributed by atoms with E-state index in [0.29, 0.717) is 0 Å². The predicted octanol–water partition coefficient (Wildman–Crippen LogP) is 4.26. The largest absolute Gasteiger partial charge is 0.139 e. The molecule has 0 spiro atoms. The van der Waals surface area contributed by atoms with Gasteiger partial charge in [-0.25, -0.2) is 0 Å². The van der Waals surface area contributed by atoms with Crippen LogP contribution in [0.2, 0.25) is 0 Å². The lowest BCUT2D eigenvalue weighted by molar-refractivity contribution is 1.48. The summed E-state index contributed by atoms with van der Waals surface area (Å²) in [6.45, 7) is 8.46. The van der Waals surface area contributed by atoms with Crippen LogP contribution >= 0.6 is 22.7 Å². The van der Waals surface area contributed by atoms with Gasteiger partial charge in [-0.05, 0) is 38.8 Å². The van der Waals surface area contributed by atoms with Crippen LogP contribution in [0.25, 0.3) is 9.40 Å². The Morgan fingerprint density at radius 1 is 0.929 bits per heavy atom. The first-order valence-corrected chi connectivity index (χ1v) is 6.20. The number of hydrogen-bond donors (Lipinski definition) is 0. The van der Waals surface area contributed by atoms with Gasteiger partial charge in [-0.15, -0.1) is 28.6 Å². The topological polar surface area (TPSA) is 0 Å². The maximum Gasteiger partial charge on any atom is 0.0818 e. The molecule has 0 aliphatic rings. The van der Waals surface area contributed by atoms with Crippen molar-refractivity contribution in [1.29, 1.82) is 0 Å². The van der Waals surface area contributed by atoms with Crippen molar-refractivity contribution in [2.75, 3.05) is 0 Å². The molecule has 2 heteroatoms. The molecule has 14 heavy (non-hydrogen) atoms. The molecule has 2 heterocycles. The summed E-state index contributed by atoms with van der Waals surface area (Å²) in [7, 11) is 0. The molecular formula is C12H12S2. The standard InChI is InChI=1S/C12H12S2/c1-5-6-10-8(3)12-11(14-10)7(2)9(4)13-12/h1-4H3. The summed E-state index contributed by atoms with van der Waals surface area (Å²) in [6.07, 6.45) is 0. The number of aryl methyl sites for hydroxylation is 3. The minimum Gasteiger partial charge on any atom is -0.139 e. The lowest BCUT2D eigenvalue weighted by Crippen LogP contribution is -1.69. The molecule has 0 atom stereocenters. The molecule has 0 aliphatic carbocycles. The van der Waals surface area contributed by atoms with Crippen molar-refractivity contribution in [2.45, 2.75) is 27.7 Å². The van der Waals surface area contributed by atoms with Gasteiger partial charge in [-0.1, -0.05) is 5.92 Å². The van der Waals surface area contributed by atoms with Gasteiger partial charge in [0.2, 0.25) is 0 Å². The van der Waals surface area contributed by atoms with Gasteiger partial charge in [-0.3, -0.25) is 0 Å². The summed E-state index contributed by atoms with van der Waals surface area (Å²) >= 11 is 3.73. The molecule has 0 radical (unpaired) electrons. The van der Waals surface area contributed by atoms with Crippen LogP contribution in [0.5, 0.6) is 0 Å². The average molecular weight is 220 g/mol. The minimum atomic E-state index is 1.23. The molecule has 0 saturated carbocycles. The summed E-state index contributed by atoms with van der Waals surface area (Å²) in [4.78, 5) is 2.67. The Balaban J connectivity index is 2.80. The number of thiophene rings is 2. The monoisotopic (exact) mass is 220 g/mol. The predicted molar refractivity (Wildman–Crippen MR) is 66.5 cm³/mol. The quantitative estimate of drug-likeness (QED) is 0.582. The molecule has 0 amide bonds. The van der Waals surface area contributed by atoms with E-state index in [2.05, 4.69) is 32.6 Å². The highest BCUT2D eigenvalue weighted by molar-refractivity contribution is 7.28. The molecule has 0 unspecified atom stereocenters. The van der Waals surface area contributed by atoms with Gasteiger partial charge in [0.1, 0.15) is 0 Å². The minimum absolute atomic E-state index is 1.23. The lowest BCUT2D eigenvalue weighted by Gasteiger charge is -1.87. The third-order valence-electron chi connectivity index (χ3n) is 2.45. The molecule has 72 valence electrons. The first kappa shape index (κ1) is 9.76. The van der Waals surface area contributed by atoms with E-state index >= 15 is 0 Å². The normalized spacial score (nSPS) is 10.3. The van der Waals surface area contributed by atoms with Crippen molar-refractivity contribution < 1.29 is 0 Å². The van der Waals surface area contributed by atoms with Crippen molar-refractivity contribution >= 4 is 32.1 Å². The third-order valence-corrected chi connectivity index (χ3v) is 5.24. The Morgan fingerprint density at radius 2 is 1.57 bits per heavy atom. The lowest BCUT2D eigenvalue weighted by atomic mass is 10.2. The second-order valence-corrected chi connectivity index (χ2v) is 5.62. The van der Waals surface area contributed by atoms with Crippen molar-refractivity contribution in [3.63, 3.8) is 0 Å². The molecule has 2 aromatic heterocycles. The van der Waals surface area contributed by atoms with Gasteiger partial charge in [0.25, 0.3) is 0 Å². The van der Waals surface area contributed by atoms with E-state index in [1.54, 1.807) is 0 Å². The highest BCUT2D eigenvalue weighted by Gasteiger charge is 2.12. The molecule has 0 saturated heterocycles. The Bertz CT molecular complexity index is 544. The second-order valence-electron chi connectivity index (χ2n) is 3.37. The third kappa shape index (κ3) is 1.28. The van der Waals surface area contributed by atoms with Crippen LogP contribution in [-0.4, -0.2) is 0 Å². The molecular weight excluding hydrogens is 208 g/mol. The fraction of sp³-hybridized carbons (Fsp3) is 0.333. The van der Waals surface area contributed by atoms with E-state index in [4.69, 9.17) is 0 Å². The Labute approximate surface area is 92.6 Å². The fourth-order valence-corrected chi connectivity index (χ4v) is 4.10. The summed E-state index contributed by atoms with van der Waals surface area (Å²) in [5, 5.41) is 0. The van der Waals surface area contributed by atoms with E-state index in [0.717, 1.165) is 0 Å². The van der Waals surface area contributed by atoms with Gasteiger partial charge in [0.05, 0.1) is 4.88 Å². The number of hydrogen-bond acceptors (Lipinski definition) is 2. The van der Waals surface area contributed by atoms with Crippen LogP contribution in [0.1, 0.15) is 27.8 Å². The fourth-order valence-electron chi connectivity index (χ4n) is 1.49. The molecule has 0 N–H and O–H groups in total. The van der Waals surface area contributed by atoms with Crippen molar-refractivity contribution in [3.8, 4) is 11.8 Å². The summed E-state index contributed by atoms with van der Waals surface area (Å²) < 4.78 is 2.87. The molecule has 0 bridgehead atoms. The highest BCUT2D eigenvalue weighted by Crippen LogP contribution is 2.39. The van der Waals surface area contributed by atoms with E-state index in [1.165, 1.54) is 30.3 Å². The van der Waals surface area contributed by atoms with Crippen LogP contribution in [0.3, 0.4) is 0 Å². The first-order valence-electron chi connectivity index (χ1n) is 4.57. The zero-order valence-corrected chi connectivity index (χ0v) is 10.4. The molecule has 0 nitrogen and oxygen atoms in total. The van der Waals surface area contributed by atoms with E-state index in [1.807, 2.05) is 29.6 Å². The van der Waals surface area contributed by atoms with E-state index < -0.39 is 0 Å². The zero-order chi connectivity index (χ0) is 10.3. The highest BCUT2D eigenvalue weighted by atomic mass is 32.1. The summed E-state index contributed by atoms with van der Waals surface area (Å²) in [5.74, 6) is 6.15. The van der Waals surface area contributed by atoms with Crippen LogP contribution in [0.4, 0.5) is 0 Å². The molecule has 0 fully saturated rings. The summed E-state index contributed by atoms with van der Waals surface area (Å²) in [5.41, 5.74) is 2.79. The van der Waals surface area contributed by atoms with Gasteiger partial charge < -0.3 is 0 Å². The maximum absolute atomic E-state index is 3.17. The Hall–Kier alpha value is -0.780. The summed E-state index contributed by atoms with van der Waals surface area (Å²) in [6, 6.07) is 0. The molecule has 2 rings (SSSR count). The van der Waals surface area contributed by atoms with Gasteiger partial charge in [0, 0.05) is 14.3 Å². The Morgan fingerprint density at radius 3 is 2.14 bits per heavy atom. The van der Waals surface area contributed by atoms with Crippen molar-refractivity contribution in [2.24, 2.45) is 0 Å². The smallest absolute Gasteiger partial charge is 0.0818 e. The number of fused-ring (bicyclic) bond motifs is 1. The van der Waals surface area contributed by atoms with Gasteiger partial charge in [-0.2, -0.15) is 0 Å². The van der Waals surface area contributed by atoms with Crippen LogP contribution in [-0.2, 0) is 0 Å². The zero-order valence-electron chi connectivity index (χ0n) is 8.82. The van der Waals surface area contributed by atoms with E-state index in [9.17, 15) is 0 Å². The number of rotatable bonds is 0. The second kappa shape index (κ2) is 3.42. The SMILES string of the molecule is CC#Cc1sc2c(C)c(C)sc2c1C. The van der Waals surface area contributed by atoms with E-state index in [-0.39, 0.29) is 0 Å². The van der Waals surface area contributed by atoms with Gasteiger partial charge >= 0.3 is 0 Å². The molecule has 2 aromatic rings. The van der Waals surface area contributed by atoms with Crippen LogP contribution in [0, 0.1) is 32.6 Å². The van der Waals surface area contributed by atoms with Gasteiger partial charge in [0.15, 0.2) is 0 Å². The van der Waals surface area contributed by atoms with Crippen molar-refractivity contribution in [1.82, 2.24) is 0 Å². The van der Waals surface area contributed by atoms with Crippen LogP contribution in [0.15, 0.2) is 0 Å². The maximum atomic E-state index is 3.17.